The van der Waals surface area contributed by atoms with Gasteiger partial charge in [-0.15, -0.1) is 0 Å². The molecule has 1 aromatic heterocycles. The second-order valence-electron chi connectivity index (χ2n) is 8.56. The molecular weight excluding hydrogens is 393 g/mol. The molecule has 0 radical (unpaired) electrons. The lowest BCUT2D eigenvalue weighted by Gasteiger charge is -2.22. The van der Waals surface area contributed by atoms with Crippen molar-refractivity contribution in [3.8, 4) is 0 Å². The van der Waals surface area contributed by atoms with Crippen LogP contribution < -0.4 is 0 Å². The summed E-state index contributed by atoms with van der Waals surface area (Å²) < 4.78 is 22.4. The number of benzene rings is 1. The standard InChI is InChI=1S/C25H30FN3O2/c1-4-5-12-31-25(30)19-10-7-9-18(13-19)14-29-24(20-11-6-8-17(2)23(20)26)21-15-28(3)16-22(21)27-29/h6-11,13,17,23H,4-5,12,14-16H2,1-3H3. The van der Waals surface area contributed by atoms with E-state index in [9.17, 15) is 4.79 Å². The first-order chi connectivity index (χ1) is 15.0. The Labute approximate surface area is 183 Å². The summed E-state index contributed by atoms with van der Waals surface area (Å²) in [6.45, 7) is 6.39. The number of halogens is 1. The molecule has 2 aliphatic rings. The van der Waals surface area contributed by atoms with E-state index in [4.69, 9.17) is 9.84 Å². The first-order valence-corrected chi connectivity index (χ1v) is 11.0. The number of unbranched alkanes of at least 4 members (excludes halogenated alkanes) is 1. The fraction of sp³-hybridized carbons (Fsp3) is 0.440. The smallest absolute Gasteiger partial charge is 0.338 e. The summed E-state index contributed by atoms with van der Waals surface area (Å²) in [5.74, 6) is -0.475. The number of rotatable bonds is 7. The fourth-order valence-corrected chi connectivity index (χ4v) is 4.24. The van der Waals surface area contributed by atoms with Crippen molar-refractivity contribution >= 4 is 11.5 Å². The van der Waals surface area contributed by atoms with Gasteiger partial charge in [-0.1, -0.05) is 50.6 Å². The number of ether oxygens (including phenoxy) is 1. The summed E-state index contributed by atoms with van der Waals surface area (Å²) in [6, 6.07) is 7.45. The van der Waals surface area contributed by atoms with Crippen LogP contribution in [0.25, 0.3) is 5.57 Å². The van der Waals surface area contributed by atoms with Gasteiger partial charge < -0.3 is 4.74 Å². The van der Waals surface area contributed by atoms with Crippen molar-refractivity contribution in [2.45, 2.75) is 52.5 Å². The Bertz CT molecular complexity index is 1020. The zero-order valence-electron chi connectivity index (χ0n) is 18.5. The number of fused-ring (bicyclic) bond motifs is 1. The van der Waals surface area contributed by atoms with Crippen molar-refractivity contribution in [3.05, 3.63) is 70.6 Å². The van der Waals surface area contributed by atoms with Crippen LogP contribution in [0, 0.1) is 5.92 Å². The van der Waals surface area contributed by atoms with Crippen molar-refractivity contribution in [1.82, 2.24) is 14.7 Å². The van der Waals surface area contributed by atoms with Gasteiger partial charge in [0, 0.05) is 30.1 Å². The van der Waals surface area contributed by atoms with Gasteiger partial charge in [0.25, 0.3) is 0 Å². The van der Waals surface area contributed by atoms with Gasteiger partial charge in [-0.2, -0.15) is 5.10 Å². The molecule has 0 fully saturated rings. The number of carbonyl (C=O) groups excluding carboxylic acids is 1. The van der Waals surface area contributed by atoms with E-state index in [0.29, 0.717) is 24.3 Å². The average molecular weight is 424 g/mol. The molecule has 164 valence electrons. The third-order valence-corrected chi connectivity index (χ3v) is 5.93. The minimum absolute atomic E-state index is 0.167. The molecule has 0 N–H and O–H groups in total. The molecule has 0 spiro atoms. The first-order valence-electron chi connectivity index (χ1n) is 11.0. The Morgan fingerprint density at radius 3 is 2.97 bits per heavy atom. The number of carbonyl (C=O) groups is 1. The van der Waals surface area contributed by atoms with Crippen LogP contribution in [-0.2, 0) is 24.4 Å². The van der Waals surface area contributed by atoms with Crippen LogP contribution in [0.5, 0.6) is 0 Å². The van der Waals surface area contributed by atoms with E-state index in [1.54, 1.807) is 6.07 Å². The van der Waals surface area contributed by atoms with E-state index in [1.165, 1.54) is 0 Å². The number of aromatic nitrogens is 2. The predicted octanol–water partition coefficient (Wildman–Crippen LogP) is 4.76. The number of esters is 1. The molecule has 31 heavy (non-hydrogen) atoms. The molecule has 0 saturated heterocycles. The Morgan fingerprint density at radius 1 is 1.32 bits per heavy atom. The average Bonchev–Trinajstić information content (AvgIpc) is 3.26. The predicted molar refractivity (Wildman–Crippen MR) is 119 cm³/mol. The maximum atomic E-state index is 15.2. The topological polar surface area (TPSA) is 47.4 Å². The Balaban J connectivity index is 1.64. The number of alkyl halides is 1. The van der Waals surface area contributed by atoms with E-state index in [-0.39, 0.29) is 11.9 Å². The van der Waals surface area contributed by atoms with Crippen LogP contribution in [0.3, 0.4) is 0 Å². The van der Waals surface area contributed by atoms with Gasteiger partial charge >= 0.3 is 5.97 Å². The van der Waals surface area contributed by atoms with E-state index >= 15 is 4.39 Å². The molecule has 0 saturated carbocycles. The van der Waals surface area contributed by atoms with Gasteiger partial charge in [0.05, 0.1) is 30.1 Å². The summed E-state index contributed by atoms with van der Waals surface area (Å²) in [5, 5.41) is 4.83. The van der Waals surface area contributed by atoms with E-state index in [1.807, 2.05) is 55.1 Å². The molecule has 2 aromatic rings. The Kier molecular flexibility index (Phi) is 6.37. The Hall–Kier alpha value is -2.73. The maximum Gasteiger partial charge on any atom is 0.338 e. The lowest BCUT2D eigenvalue weighted by molar-refractivity contribution is 0.0499. The quantitative estimate of drug-likeness (QED) is 0.476. The van der Waals surface area contributed by atoms with Crippen LogP contribution in [0.4, 0.5) is 4.39 Å². The molecule has 0 amide bonds. The molecule has 5 nitrogen and oxygen atoms in total. The lowest BCUT2D eigenvalue weighted by atomic mass is 9.90. The molecule has 6 heteroatoms. The highest BCUT2D eigenvalue weighted by Crippen LogP contribution is 2.36. The third kappa shape index (κ3) is 4.49. The van der Waals surface area contributed by atoms with Crippen LogP contribution in [0.2, 0.25) is 0 Å². The fourth-order valence-electron chi connectivity index (χ4n) is 4.24. The highest BCUT2D eigenvalue weighted by atomic mass is 19.1. The number of hydrogen-bond acceptors (Lipinski definition) is 4. The Morgan fingerprint density at radius 2 is 2.16 bits per heavy atom. The zero-order chi connectivity index (χ0) is 22.0. The monoisotopic (exact) mass is 423 g/mol. The summed E-state index contributed by atoms with van der Waals surface area (Å²) in [7, 11) is 2.05. The number of hydrogen-bond donors (Lipinski definition) is 0. The van der Waals surface area contributed by atoms with Crippen LogP contribution in [0.15, 0.2) is 42.5 Å². The second-order valence-corrected chi connectivity index (χ2v) is 8.56. The summed E-state index contributed by atoms with van der Waals surface area (Å²) >= 11 is 0. The summed E-state index contributed by atoms with van der Waals surface area (Å²) in [4.78, 5) is 14.5. The van der Waals surface area contributed by atoms with E-state index < -0.39 is 6.17 Å². The van der Waals surface area contributed by atoms with E-state index in [2.05, 4.69) is 11.8 Å². The van der Waals surface area contributed by atoms with Gasteiger partial charge in [-0.3, -0.25) is 9.58 Å². The number of nitrogens with zero attached hydrogens (tertiary/aromatic N) is 3. The van der Waals surface area contributed by atoms with Crippen molar-refractivity contribution < 1.29 is 13.9 Å². The SMILES string of the molecule is CCCCOC(=O)c1cccc(Cn2nc3c(c2C2=CC=CC(C)C2F)CN(C)C3)c1. The largest absolute Gasteiger partial charge is 0.462 e. The maximum absolute atomic E-state index is 15.2. The first kappa shape index (κ1) is 21.5. The van der Waals surface area contributed by atoms with Crippen molar-refractivity contribution in [1.29, 1.82) is 0 Å². The minimum Gasteiger partial charge on any atom is -0.462 e. The van der Waals surface area contributed by atoms with Crippen molar-refractivity contribution in [2.24, 2.45) is 5.92 Å². The lowest BCUT2D eigenvalue weighted by Crippen LogP contribution is -2.20. The van der Waals surface area contributed by atoms with Gasteiger partial charge in [-0.25, -0.2) is 9.18 Å². The molecule has 1 aliphatic heterocycles. The van der Waals surface area contributed by atoms with Crippen LogP contribution >= 0.6 is 0 Å². The van der Waals surface area contributed by atoms with Crippen molar-refractivity contribution in [3.63, 3.8) is 0 Å². The summed E-state index contributed by atoms with van der Waals surface area (Å²) in [5.41, 5.74) is 5.15. The number of allylic oxidation sites excluding steroid dienone is 4. The molecule has 2 unspecified atom stereocenters. The highest BCUT2D eigenvalue weighted by Gasteiger charge is 2.32. The molecule has 1 aliphatic carbocycles. The minimum atomic E-state index is -1.06. The van der Waals surface area contributed by atoms with Crippen LogP contribution in [0.1, 0.15) is 59.6 Å². The van der Waals surface area contributed by atoms with Gasteiger partial charge in [0.15, 0.2) is 0 Å². The van der Waals surface area contributed by atoms with Gasteiger partial charge in [0.2, 0.25) is 0 Å². The normalized spacial score (nSPS) is 20.6. The molecule has 2 heterocycles. The zero-order valence-corrected chi connectivity index (χ0v) is 18.5. The molecule has 1 aromatic carbocycles. The van der Waals surface area contributed by atoms with E-state index in [0.717, 1.165) is 48.4 Å². The molecular formula is C25H30FN3O2. The van der Waals surface area contributed by atoms with Crippen molar-refractivity contribution in [2.75, 3.05) is 13.7 Å². The van der Waals surface area contributed by atoms with Gasteiger partial charge in [-0.05, 0) is 31.2 Å². The highest BCUT2D eigenvalue weighted by molar-refractivity contribution is 5.89. The summed E-state index contributed by atoms with van der Waals surface area (Å²) in [6.07, 6.45) is 6.48. The molecule has 2 atom stereocenters. The molecule has 4 rings (SSSR count). The second kappa shape index (κ2) is 9.18. The van der Waals surface area contributed by atoms with Crippen LogP contribution in [-0.4, -0.2) is 40.5 Å². The molecule has 0 bridgehead atoms. The van der Waals surface area contributed by atoms with Gasteiger partial charge in [0.1, 0.15) is 6.17 Å². The third-order valence-electron chi connectivity index (χ3n) is 5.93.